The Bertz CT molecular complexity index is 93.0. The smallest absolute Gasteiger partial charge is 0.405 e. The van der Waals surface area contributed by atoms with Crippen LogP contribution in [0.2, 0.25) is 0 Å². The third kappa shape index (κ3) is 7.23. The van der Waals surface area contributed by atoms with Crippen molar-refractivity contribution in [2.45, 2.75) is 19.9 Å². The molecule has 4 nitrogen and oxygen atoms in total. The van der Waals surface area contributed by atoms with Crippen LogP contribution in [0, 0.1) is 0 Å². The summed E-state index contributed by atoms with van der Waals surface area (Å²) in [6.45, 7) is 4.09. The first-order chi connectivity index (χ1) is 4.13. The maximum atomic E-state index is 9.94. The van der Waals surface area contributed by atoms with Gasteiger partial charge in [0, 0.05) is 6.04 Å². The first-order valence-electron chi connectivity index (χ1n) is 2.78. The molecule has 0 aromatic rings. The zero-order chi connectivity index (χ0) is 7.28. The molecule has 0 atom stereocenters. The lowest BCUT2D eigenvalue weighted by atomic mass is 10.4. The van der Waals surface area contributed by atoms with Crippen molar-refractivity contribution in [2.75, 3.05) is 6.73 Å². The molecule has 0 bridgehead atoms. The maximum Gasteiger partial charge on any atom is 0.405 e. The van der Waals surface area contributed by atoms with Crippen molar-refractivity contribution in [2.24, 2.45) is 5.73 Å². The highest BCUT2D eigenvalue weighted by atomic mass is 16.6. The molecule has 3 N–H and O–H groups in total. The molecule has 1 amide bonds. The van der Waals surface area contributed by atoms with Crippen molar-refractivity contribution in [3.63, 3.8) is 0 Å². The summed E-state index contributed by atoms with van der Waals surface area (Å²) in [5.41, 5.74) is 4.68. The van der Waals surface area contributed by atoms with Gasteiger partial charge in [0.2, 0.25) is 0 Å². The molecule has 0 fully saturated rings. The van der Waals surface area contributed by atoms with E-state index in [1.165, 1.54) is 0 Å². The molecule has 0 aromatic heterocycles. The monoisotopic (exact) mass is 132 g/mol. The van der Waals surface area contributed by atoms with Crippen LogP contribution < -0.4 is 11.1 Å². The number of carbonyl (C=O) groups excluding carboxylic acids is 1. The van der Waals surface area contributed by atoms with Crippen LogP contribution >= 0.6 is 0 Å². The van der Waals surface area contributed by atoms with Crippen LogP contribution in [-0.4, -0.2) is 18.9 Å². The second kappa shape index (κ2) is 4.14. The fourth-order valence-electron chi connectivity index (χ4n) is 0.279. The number of primary amides is 1. The van der Waals surface area contributed by atoms with Crippen molar-refractivity contribution >= 4 is 6.09 Å². The molecule has 9 heavy (non-hydrogen) atoms. The van der Waals surface area contributed by atoms with Crippen molar-refractivity contribution in [1.82, 2.24) is 5.32 Å². The summed E-state index contributed by atoms with van der Waals surface area (Å²) in [6.07, 6.45) is -0.747. The Morgan fingerprint density at radius 2 is 2.33 bits per heavy atom. The van der Waals surface area contributed by atoms with Crippen LogP contribution in [0.5, 0.6) is 0 Å². The van der Waals surface area contributed by atoms with E-state index < -0.39 is 6.09 Å². The molecule has 0 aromatic carbocycles. The molecule has 0 aliphatic rings. The van der Waals surface area contributed by atoms with Gasteiger partial charge in [-0.1, -0.05) is 0 Å². The Labute approximate surface area is 54.4 Å². The van der Waals surface area contributed by atoms with Gasteiger partial charge in [0.1, 0.15) is 6.73 Å². The van der Waals surface area contributed by atoms with E-state index in [2.05, 4.69) is 15.8 Å². The Morgan fingerprint density at radius 3 is 2.67 bits per heavy atom. The molecule has 0 heterocycles. The van der Waals surface area contributed by atoms with E-state index in [9.17, 15) is 4.79 Å². The Balaban J connectivity index is 3.01. The number of nitrogens with two attached hydrogens (primary N) is 1. The van der Waals surface area contributed by atoms with Crippen molar-refractivity contribution in [3.05, 3.63) is 0 Å². The van der Waals surface area contributed by atoms with Gasteiger partial charge in [-0.2, -0.15) is 0 Å². The number of rotatable bonds is 3. The first kappa shape index (κ1) is 8.23. The minimum Gasteiger partial charge on any atom is -0.434 e. The van der Waals surface area contributed by atoms with Crippen molar-refractivity contribution in [3.8, 4) is 0 Å². The van der Waals surface area contributed by atoms with E-state index in [0.717, 1.165) is 0 Å². The third-order valence-corrected chi connectivity index (χ3v) is 0.706. The largest absolute Gasteiger partial charge is 0.434 e. The Kier molecular flexibility index (Phi) is 3.79. The number of hydrogen-bond acceptors (Lipinski definition) is 3. The van der Waals surface area contributed by atoms with Crippen LogP contribution in [0.1, 0.15) is 13.8 Å². The molecular formula is C5H12N2O2. The minimum absolute atomic E-state index is 0.188. The van der Waals surface area contributed by atoms with Crippen LogP contribution in [0.4, 0.5) is 4.79 Å². The van der Waals surface area contributed by atoms with Gasteiger partial charge in [0.05, 0.1) is 0 Å². The lowest BCUT2D eigenvalue weighted by Crippen LogP contribution is -2.28. The average molecular weight is 132 g/mol. The number of carbonyl (C=O) groups is 1. The highest BCUT2D eigenvalue weighted by molar-refractivity contribution is 5.64. The third-order valence-electron chi connectivity index (χ3n) is 0.706. The summed E-state index contributed by atoms with van der Waals surface area (Å²) in [6, 6.07) is 0.310. The molecule has 0 radical (unpaired) electrons. The van der Waals surface area contributed by atoms with Crippen molar-refractivity contribution in [1.29, 1.82) is 0 Å². The highest BCUT2D eigenvalue weighted by Gasteiger charge is 1.93. The van der Waals surface area contributed by atoms with Gasteiger partial charge < -0.3 is 10.5 Å². The van der Waals surface area contributed by atoms with Gasteiger partial charge in [-0.05, 0) is 13.8 Å². The van der Waals surface area contributed by atoms with Gasteiger partial charge in [-0.25, -0.2) is 4.79 Å². The zero-order valence-electron chi connectivity index (χ0n) is 5.68. The summed E-state index contributed by atoms with van der Waals surface area (Å²) in [4.78, 5) is 9.94. The molecule has 0 saturated heterocycles. The first-order valence-corrected chi connectivity index (χ1v) is 2.78. The molecule has 0 aliphatic carbocycles. The van der Waals surface area contributed by atoms with Gasteiger partial charge in [0.15, 0.2) is 0 Å². The van der Waals surface area contributed by atoms with E-state index in [-0.39, 0.29) is 6.73 Å². The van der Waals surface area contributed by atoms with Crippen LogP contribution in [0.15, 0.2) is 0 Å². The Hall–Kier alpha value is -0.770. The highest BCUT2D eigenvalue weighted by Crippen LogP contribution is 1.75. The number of hydrogen-bond donors (Lipinski definition) is 2. The minimum atomic E-state index is -0.747. The maximum absolute atomic E-state index is 9.94. The molecule has 0 spiro atoms. The summed E-state index contributed by atoms with van der Waals surface area (Å²) in [5.74, 6) is 0. The summed E-state index contributed by atoms with van der Waals surface area (Å²) in [5, 5.41) is 2.85. The SMILES string of the molecule is CC(C)NCOC(N)=O. The summed E-state index contributed by atoms with van der Waals surface area (Å²) < 4.78 is 4.38. The quantitative estimate of drug-likeness (QED) is 0.533. The van der Waals surface area contributed by atoms with Crippen LogP contribution in [0.3, 0.4) is 0 Å². The molecular weight excluding hydrogens is 120 g/mol. The number of nitrogens with one attached hydrogen (secondary N) is 1. The van der Waals surface area contributed by atoms with Gasteiger partial charge in [-0.3, -0.25) is 5.32 Å². The normalized spacial score (nSPS) is 9.67. The summed E-state index contributed by atoms with van der Waals surface area (Å²) >= 11 is 0. The zero-order valence-corrected chi connectivity index (χ0v) is 5.68. The van der Waals surface area contributed by atoms with Gasteiger partial charge in [0.25, 0.3) is 0 Å². The topological polar surface area (TPSA) is 64.3 Å². The lowest BCUT2D eigenvalue weighted by molar-refractivity contribution is 0.144. The molecule has 0 aliphatic heterocycles. The number of ether oxygens (including phenoxy) is 1. The standard InChI is InChI=1S/C5H12N2O2/c1-4(2)7-3-9-5(6)8/h4,7H,3H2,1-2H3,(H2,6,8). The fourth-order valence-corrected chi connectivity index (χ4v) is 0.279. The molecule has 0 rings (SSSR count). The van der Waals surface area contributed by atoms with E-state index in [4.69, 9.17) is 0 Å². The molecule has 4 heteroatoms. The van der Waals surface area contributed by atoms with E-state index in [1.807, 2.05) is 13.8 Å². The van der Waals surface area contributed by atoms with Gasteiger partial charge >= 0.3 is 6.09 Å². The predicted octanol–water partition coefficient (Wildman–Crippen LogP) is 0.0372. The predicted molar refractivity (Wildman–Crippen MR) is 33.8 cm³/mol. The van der Waals surface area contributed by atoms with E-state index >= 15 is 0 Å². The Morgan fingerprint density at radius 1 is 1.78 bits per heavy atom. The fraction of sp³-hybridized carbons (Fsp3) is 0.800. The molecule has 0 unspecified atom stereocenters. The average Bonchev–Trinajstić information content (AvgIpc) is 1.63. The summed E-state index contributed by atoms with van der Waals surface area (Å²) in [7, 11) is 0. The van der Waals surface area contributed by atoms with Crippen molar-refractivity contribution < 1.29 is 9.53 Å². The van der Waals surface area contributed by atoms with E-state index in [1.54, 1.807) is 0 Å². The molecule has 54 valence electrons. The molecule has 0 saturated carbocycles. The second-order valence-corrected chi connectivity index (χ2v) is 1.97. The van der Waals surface area contributed by atoms with Crippen LogP contribution in [0.25, 0.3) is 0 Å². The lowest BCUT2D eigenvalue weighted by Gasteiger charge is -2.05. The van der Waals surface area contributed by atoms with Crippen LogP contribution in [-0.2, 0) is 4.74 Å². The van der Waals surface area contributed by atoms with Gasteiger partial charge in [-0.15, -0.1) is 0 Å². The number of amides is 1. The van der Waals surface area contributed by atoms with E-state index in [0.29, 0.717) is 6.04 Å². The second-order valence-electron chi connectivity index (χ2n) is 1.97.